The van der Waals surface area contributed by atoms with Gasteiger partial charge in [0.25, 0.3) is 5.91 Å². The molecule has 4 nitrogen and oxygen atoms in total. The molecule has 1 aliphatic rings. The van der Waals surface area contributed by atoms with E-state index in [1.165, 1.54) is 16.7 Å². The first kappa shape index (κ1) is 23.7. The topological polar surface area (TPSA) is 40.6 Å². The maximum absolute atomic E-state index is 13.1. The molecule has 7 heteroatoms. The number of amides is 2. The van der Waals surface area contributed by atoms with Crippen LogP contribution in [0.25, 0.3) is 6.08 Å². The summed E-state index contributed by atoms with van der Waals surface area (Å²) in [5.41, 5.74) is 1.67. The molecule has 1 saturated heterocycles. The Morgan fingerprint density at radius 1 is 1.16 bits per heavy atom. The predicted octanol–water partition coefficient (Wildman–Crippen LogP) is 5.87. The summed E-state index contributed by atoms with van der Waals surface area (Å²) in [6.07, 6.45) is 2.06. The maximum Gasteiger partial charge on any atom is 0.266 e. The van der Waals surface area contributed by atoms with Crippen LogP contribution in [0, 0.1) is 0 Å². The summed E-state index contributed by atoms with van der Waals surface area (Å²) in [4.78, 5) is 29.9. The van der Waals surface area contributed by atoms with Crippen molar-refractivity contribution in [3.8, 4) is 0 Å². The monoisotopic (exact) mass is 516 g/mol. The van der Waals surface area contributed by atoms with Gasteiger partial charge >= 0.3 is 0 Å². The summed E-state index contributed by atoms with van der Waals surface area (Å²) in [7, 11) is 0. The maximum atomic E-state index is 13.1. The zero-order valence-electron chi connectivity index (χ0n) is 17.8. The van der Waals surface area contributed by atoms with Gasteiger partial charge in [0.15, 0.2) is 0 Å². The quantitative estimate of drug-likeness (QED) is 0.355. The first-order valence-corrected chi connectivity index (χ1v) is 12.0. The molecule has 0 spiro atoms. The molecule has 1 heterocycles. The molecule has 0 saturated carbocycles. The summed E-state index contributed by atoms with van der Waals surface area (Å²) < 4.78 is 1.44. The molecule has 1 fully saturated rings. The molecule has 0 unspecified atom stereocenters. The molecular weight excluding hydrogens is 492 g/mol. The van der Waals surface area contributed by atoms with Gasteiger partial charge in [-0.3, -0.25) is 14.5 Å². The molecule has 0 atom stereocenters. The number of thiocarbonyl (C=S) groups is 1. The Morgan fingerprint density at radius 2 is 1.87 bits per heavy atom. The van der Waals surface area contributed by atoms with Crippen molar-refractivity contribution in [1.82, 2.24) is 9.80 Å². The molecule has 0 bridgehead atoms. The molecule has 3 rings (SSSR count). The highest BCUT2D eigenvalue weighted by Gasteiger charge is 2.33. The third kappa shape index (κ3) is 6.28. The third-order valence-corrected chi connectivity index (χ3v) is 6.73. The summed E-state index contributed by atoms with van der Waals surface area (Å²) in [5.74, 6) is -0.144. The van der Waals surface area contributed by atoms with E-state index < -0.39 is 0 Å². The molecule has 31 heavy (non-hydrogen) atoms. The van der Waals surface area contributed by atoms with E-state index in [0.29, 0.717) is 15.8 Å². The Bertz CT molecular complexity index is 1020. The van der Waals surface area contributed by atoms with Crippen LogP contribution < -0.4 is 0 Å². The predicted molar refractivity (Wildman–Crippen MR) is 135 cm³/mol. The van der Waals surface area contributed by atoms with Crippen LogP contribution >= 0.6 is 39.9 Å². The second kappa shape index (κ2) is 10.1. The van der Waals surface area contributed by atoms with Crippen molar-refractivity contribution in [2.75, 3.05) is 6.54 Å². The van der Waals surface area contributed by atoms with Crippen LogP contribution in [-0.2, 0) is 16.1 Å². The Labute approximate surface area is 201 Å². The van der Waals surface area contributed by atoms with Crippen LogP contribution in [0.5, 0.6) is 0 Å². The van der Waals surface area contributed by atoms with Gasteiger partial charge in [-0.15, -0.1) is 0 Å². The number of carbonyl (C=O) groups excluding carboxylic acids is 2. The second-order valence-electron chi connectivity index (χ2n) is 8.27. The molecule has 1 aliphatic heterocycles. The van der Waals surface area contributed by atoms with E-state index in [1.807, 2.05) is 86.3 Å². The Kier molecular flexibility index (Phi) is 7.73. The minimum absolute atomic E-state index is 0.00127. The van der Waals surface area contributed by atoms with Crippen LogP contribution in [0.15, 0.2) is 64.0 Å². The first-order valence-electron chi connectivity index (χ1n) is 10.0. The fourth-order valence-electron chi connectivity index (χ4n) is 3.25. The Hall–Kier alpha value is -1.96. The summed E-state index contributed by atoms with van der Waals surface area (Å²) in [6.45, 7) is 6.88. The lowest BCUT2D eigenvalue weighted by atomic mass is 10.0. The van der Waals surface area contributed by atoms with Crippen molar-refractivity contribution in [3.63, 3.8) is 0 Å². The molecule has 0 aromatic heterocycles. The molecule has 162 valence electrons. The summed E-state index contributed by atoms with van der Waals surface area (Å²) in [5, 5.41) is 0. The Morgan fingerprint density at radius 3 is 2.52 bits per heavy atom. The minimum atomic E-state index is -0.330. The van der Waals surface area contributed by atoms with E-state index in [4.69, 9.17) is 12.2 Å². The van der Waals surface area contributed by atoms with Gasteiger partial charge in [-0.1, -0.05) is 82.4 Å². The number of rotatable bonds is 6. The largest absolute Gasteiger partial charge is 0.333 e. The summed E-state index contributed by atoms with van der Waals surface area (Å²) >= 11 is 10.2. The van der Waals surface area contributed by atoms with Gasteiger partial charge in [-0.05, 0) is 50.1 Å². The number of thioether (sulfide) groups is 1. The highest BCUT2D eigenvalue weighted by molar-refractivity contribution is 9.10. The van der Waals surface area contributed by atoms with Crippen molar-refractivity contribution in [1.29, 1.82) is 0 Å². The lowest BCUT2D eigenvalue weighted by Gasteiger charge is -2.36. The standard InChI is InChI=1S/C24H25BrN2O2S2/c1-24(2,3)27(16-17-8-5-4-6-9-17)21(28)12-13-26-22(29)20(31-23(26)30)15-18-10-7-11-19(25)14-18/h4-11,14-15H,12-13,16H2,1-3H3. The van der Waals surface area contributed by atoms with E-state index in [2.05, 4.69) is 15.9 Å². The smallest absolute Gasteiger partial charge is 0.266 e. The number of carbonyl (C=O) groups is 2. The molecule has 0 aliphatic carbocycles. The number of hydrogen-bond acceptors (Lipinski definition) is 4. The molecule has 2 amide bonds. The molecule has 2 aromatic carbocycles. The highest BCUT2D eigenvalue weighted by atomic mass is 79.9. The average Bonchev–Trinajstić information content (AvgIpc) is 2.97. The van der Waals surface area contributed by atoms with Crippen molar-refractivity contribution < 1.29 is 9.59 Å². The van der Waals surface area contributed by atoms with E-state index in [0.717, 1.165) is 15.6 Å². The molecular formula is C24H25BrN2O2S2. The van der Waals surface area contributed by atoms with Gasteiger partial charge in [0.05, 0.1) is 4.91 Å². The molecule has 2 aromatic rings. The van der Waals surface area contributed by atoms with Gasteiger partial charge < -0.3 is 4.90 Å². The lowest BCUT2D eigenvalue weighted by molar-refractivity contribution is -0.137. The zero-order chi connectivity index (χ0) is 22.6. The van der Waals surface area contributed by atoms with Gasteiger partial charge in [0, 0.05) is 29.5 Å². The van der Waals surface area contributed by atoms with Crippen LogP contribution in [0.2, 0.25) is 0 Å². The normalized spacial score (nSPS) is 15.6. The number of hydrogen-bond donors (Lipinski definition) is 0. The van der Waals surface area contributed by atoms with Gasteiger partial charge in [0.2, 0.25) is 5.91 Å². The number of halogens is 1. The van der Waals surface area contributed by atoms with Crippen molar-refractivity contribution in [2.45, 2.75) is 39.3 Å². The van der Waals surface area contributed by atoms with Crippen molar-refractivity contribution in [3.05, 3.63) is 75.1 Å². The van der Waals surface area contributed by atoms with E-state index >= 15 is 0 Å². The van der Waals surface area contributed by atoms with Crippen molar-refractivity contribution >= 4 is 62.1 Å². The fourth-order valence-corrected chi connectivity index (χ4v) is 4.97. The zero-order valence-corrected chi connectivity index (χ0v) is 21.0. The third-order valence-electron chi connectivity index (χ3n) is 4.86. The van der Waals surface area contributed by atoms with E-state index in [9.17, 15) is 9.59 Å². The number of nitrogens with zero attached hydrogens (tertiary/aromatic N) is 2. The van der Waals surface area contributed by atoms with Crippen LogP contribution in [0.4, 0.5) is 0 Å². The summed E-state index contributed by atoms with van der Waals surface area (Å²) in [6, 6.07) is 17.7. The van der Waals surface area contributed by atoms with Gasteiger partial charge in [-0.25, -0.2) is 0 Å². The first-order chi connectivity index (χ1) is 14.6. The van der Waals surface area contributed by atoms with Gasteiger partial charge in [0.1, 0.15) is 4.32 Å². The van der Waals surface area contributed by atoms with E-state index in [-0.39, 0.29) is 30.3 Å². The highest BCUT2D eigenvalue weighted by Crippen LogP contribution is 2.33. The van der Waals surface area contributed by atoms with E-state index in [1.54, 1.807) is 0 Å². The Balaban J connectivity index is 1.68. The second-order valence-corrected chi connectivity index (χ2v) is 10.9. The fraction of sp³-hybridized carbons (Fsp3) is 0.292. The number of benzene rings is 2. The SMILES string of the molecule is CC(C)(C)N(Cc1ccccc1)C(=O)CCN1C(=O)C(=Cc2cccc(Br)c2)SC1=S. The van der Waals surface area contributed by atoms with Crippen molar-refractivity contribution in [2.24, 2.45) is 0 Å². The van der Waals surface area contributed by atoms with Crippen LogP contribution in [0.1, 0.15) is 38.3 Å². The lowest BCUT2D eigenvalue weighted by Crippen LogP contribution is -2.46. The molecule has 0 N–H and O–H groups in total. The van der Waals surface area contributed by atoms with Crippen LogP contribution in [-0.4, -0.2) is 38.0 Å². The van der Waals surface area contributed by atoms with Gasteiger partial charge in [-0.2, -0.15) is 0 Å². The minimum Gasteiger partial charge on any atom is -0.333 e. The van der Waals surface area contributed by atoms with Crippen LogP contribution in [0.3, 0.4) is 0 Å². The molecule has 0 radical (unpaired) electrons. The average molecular weight is 518 g/mol.